The lowest BCUT2D eigenvalue weighted by Gasteiger charge is -2.26. The Bertz CT molecular complexity index is 1420. The highest BCUT2D eigenvalue weighted by molar-refractivity contribution is 6.10. The predicted molar refractivity (Wildman–Crippen MR) is 132 cm³/mol. The molecule has 1 aromatic heterocycles. The Hall–Kier alpha value is -3.48. The molecular weight excluding hydrogens is 424 g/mol. The zero-order valence-electron chi connectivity index (χ0n) is 18.9. The molecule has 2 atom stereocenters. The van der Waals surface area contributed by atoms with Crippen molar-refractivity contribution >= 4 is 22.5 Å². The number of hydrogen-bond acceptors (Lipinski definition) is 4. The van der Waals surface area contributed by atoms with Gasteiger partial charge >= 0.3 is 0 Å². The lowest BCUT2D eigenvalue weighted by atomic mass is 9.91. The zero-order chi connectivity index (χ0) is 22.7. The molecule has 1 amide bonds. The second kappa shape index (κ2) is 7.52. The molecule has 170 valence electrons. The van der Waals surface area contributed by atoms with E-state index in [1.165, 1.54) is 11.1 Å². The highest BCUT2D eigenvalue weighted by Gasteiger charge is 2.65. The average Bonchev–Trinajstić information content (AvgIpc) is 3.39. The minimum atomic E-state index is -0.416. The van der Waals surface area contributed by atoms with Crippen LogP contribution in [0.4, 0.5) is 5.69 Å². The van der Waals surface area contributed by atoms with Crippen LogP contribution in [-0.4, -0.2) is 47.3 Å². The van der Waals surface area contributed by atoms with Crippen LogP contribution in [-0.2, 0) is 21.5 Å². The molecule has 0 bridgehead atoms. The standard InChI is InChI=1S/C28H26N4O2/c33-27-28(22-6-1-2-7-24(22)29-27)16-23(28)19-8-9-21-25(15-19)30-31-26(21)20-5-3-4-18(14-20)17-32-10-12-34-13-11-32/h1-9,14-15,23H,10-13,16-17H2,(H,29,33)(H,30,31)/t23-,28?/m0/s1. The number of aromatic nitrogens is 2. The van der Waals surface area contributed by atoms with E-state index >= 15 is 0 Å². The van der Waals surface area contributed by atoms with Crippen LogP contribution in [0.3, 0.4) is 0 Å². The molecule has 1 unspecified atom stereocenters. The summed E-state index contributed by atoms with van der Waals surface area (Å²) in [7, 11) is 0. The van der Waals surface area contributed by atoms with E-state index in [0.29, 0.717) is 0 Å². The SMILES string of the molecule is O=C1Nc2ccccc2C12C[C@H]2c1ccc2c(-c3cccc(CN4CCOCC4)c3)n[nH]c2c1. The predicted octanol–water partition coefficient (Wildman–Crippen LogP) is 4.44. The van der Waals surface area contributed by atoms with Crippen LogP contribution in [0, 0.1) is 0 Å². The van der Waals surface area contributed by atoms with E-state index in [2.05, 4.69) is 68.9 Å². The van der Waals surface area contributed by atoms with Crippen molar-refractivity contribution < 1.29 is 9.53 Å². The number of nitrogens with zero attached hydrogens (tertiary/aromatic N) is 2. The molecule has 4 aromatic rings. The van der Waals surface area contributed by atoms with E-state index < -0.39 is 5.41 Å². The fourth-order valence-corrected chi connectivity index (χ4v) is 5.86. The molecule has 1 aliphatic carbocycles. The van der Waals surface area contributed by atoms with Crippen molar-refractivity contribution in [1.29, 1.82) is 0 Å². The lowest BCUT2D eigenvalue weighted by Crippen LogP contribution is -2.35. The molecular formula is C28H26N4O2. The van der Waals surface area contributed by atoms with Crippen LogP contribution >= 0.6 is 0 Å². The number of nitrogens with one attached hydrogen (secondary N) is 2. The van der Waals surface area contributed by atoms with Gasteiger partial charge in [0.1, 0.15) is 0 Å². The maximum Gasteiger partial charge on any atom is 0.235 e. The molecule has 3 aromatic carbocycles. The second-order valence-electron chi connectivity index (χ2n) is 9.69. The van der Waals surface area contributed by atoms with Gasteiger partial charge in [0.15, 0.2) is 0 Å². The number of fused-ring (bicyclic) bond motifs is 3. The van der Waals surface area contributed by atoms with E-state index in [9.17, 15) is 4.79 Å². The summed E-state index contributed by atoms with van der Waals surface area (Å²) in [6.07, 6.45) is 0.853. The highest BCUT2D eigenvalue weighted by Crippen LogP contribution is 2.65. The van der Waals surface area contributed by atoms with Crippen LogP contribution < -0.4 is 5.32 Å². The summed E-state index contributed by atoms with van der Waals surface area (Å²) in [5.41, 5.74) is 7.26. The average molecular weight is 451 g/mol. The normalized spacial score (nSPS) is 23.9. The number of morpholine rings is 1. The maximum absolute atomic E-state index is 12.9. The zero-order valence-corrected chi connectivity index (χ0v) is 18.9. The number of carbonyl (C=O) groups is 1. The first-order valence-electron chi connectivity index (χ1n) is 12.0. The first-order valence-corrected chi connectivity index (χ1v) is 12.0. The molecule has 1 saturated carbocycles. The Morgan fingerprint density at radius 1 is 1.03 bits per heavy atom. The second-order valence-corrected chi connectivity index (χ2v) is 9.69. The molecule has 3 aliphatic rings. The first kappa shape index (κ1) is 19.9. The van der Waals surface area contributed by atoms with Crippen LogP contribution in [0.25, 0.3) is 22.2 Å². The minimum Gasteiger partial charge on any atom is -0.379 e. The summed E-state index contributed by atoms with van der Waals surface area (Å²) in [5, 5.41) is 12.1. The van der Waals surface area contributed by atoms with Gasteiger partial charge in [0.05, 0.1) is 29.8 Å². The Morgan fingerprint density at radius 3 is 2.82 bits per heavy atom. The Labute approximate surface area is 197 Å². The van der Waals surface area contributed by atoms with E-state index in [4.69, 9.17) is 4.74 Å². The maximum atomic E-state index is 12.9. The minimum absolute atomic E-state index is 0.126. The summed E-state index contributed by atoms with van der Waals surface area (Å²) >= 11 is 0. The fraction of sp³-hybridized carbons (Fsp3) is 0.286. The molecule has 2 N–H and O–H groups in total. The van der Waals surface area contributed by atoms with Crippen molar-refractivity contribution in [1.82, 2.24) is 15.1 Å². The quantitative estimate of drug-likeness (QED) is 0.482. The molecule has 2 fully saturated rings. The molecule has 3 heterocycles. The van der Waals surface area contributed by atoms with E-state index in [-0.39, 0.29) is 11.8 Å². The molecule has 1 spiro atoms. The third-order valence-corrected chi connectivity index (χ3v) is 7.72. The molecule has 7 rings (SSSR count). The molecule has 6 nitrogen and oxygen atoms in total. The number of amides is 1. The molecule has 1 saturated heterocycles. The Morgan fingerprint density at radius 2 is 1.91 bits per heavy atom. The third-order valence-electron chi connectivity index (χ3n) is 7.72. The van der Waals surface area contributed by atoms with Gasteiger partial charge in [0.2, 0.25) is 5.91 Å². The van der Waals surface area contributed by atoms with Gasteiger partial charge in [-0.05, 0) is 41.3 Å². The number of rotatable bonds is 4. The van der Waals surface area contributed by atoms with Gasteiger partial charge in [-0.15, -0.1) is 0 Å². The number of carbonyl (C=O) groups excluding carboxylic acids is 1. The van der Waals surface area contributed by atoms with E-state index in [1.54, 1.807) is 0 Å². The van der Waals surface area contributed by atoms with Crippen molar-refractivity contribution in [3.8, 4) is 11.3 Å². The summed E-state index contributed by atoms with van der Waals surface area (Å²) in [5.74, 6) is 0.324. The third kappa shape index (κ3) is 3.02. The fourth-order valence-electron chi connectivity index (χ4n) is 5.86. The Kier molecular flexibility index (Phi) is 4.41. The number of benzene rings is 3. The summed E-state index contributed by atoms with van der Waals surface area (Å²) in [6.45, 7) is 4.49. The summed E-state index contributed by atoms with van der Waals surface area (Å²) in [6, 6.07) is 23.3. The number of hydrogen-bond donors (Lipinski definition) is 2. The van der Waals surface area contributed by atoms with Gasteiger partial charge in [0, 0.05) is 42.2 Å². The molecule has 34 heavy (non-hydrogen) atoms. The largest absolute Gasteiger partial charge is 0.379 e. The Balaban J connectivity index is 1.18. The van der Waals surface area contributed by atoms with Gasteiger partial charge in [-0.3, -0.25) is 14.8 Å². The van der Waals surface area contributed by atoms with Crippen LogP contribution in [0.5, 0.6) is 0 Å². The summed E-state index contributed by atoms with van der Waals surface area (Å²) < 4.78 is 5.47. The summed E-state index contributed by atoms with van der Waals surface area (Å²) in [4.78, 5) is 15.3. The highest BCUT2D eigenvalue weighted by atomic mass is 16.5. The van der Waals surface area contributed by atoms with E-state index in [1.807, 2.05) is 18.2 Å². The number of aromatic amines is 1. The van der Waals surface area contributed by atoms with Gasteiger partial charge in [-0.2, -0.15) is 5.10 Å². The van der Waals surface area contributed by atoms with E-state index in [0.717, 1.165) is 72.7 Å². The van der Waals surface area contributed by atoms with Crippen molar-refractivity contribution in [3.05, 3.63) is 83.4 Å². The number of para-hydroxylation sites is 1. The van der Waals surface area contributed by atoms with Crippen molar-refractivity contribution in [2.45, 2.75) is 24.3 Å². The lowest BCUT2D eigenvalue weighted by molar-refractivity contribution is -0.118. The molecule has 0 radical (unpaired) electrons. The van der Waals surface area contributed by atoms with Crippen LogP contribution in [0.2, 0.25) is 0 Å². The van der Waals surface area contributed by atoms with Crippen molar-refractivity contribution in [3.63, 3.8) is 0 Å². The van der Waals surface area contributed by atoms with Crippen molar-refractivity contribution in [2.75, 3.05) is 31.6 Å². The molecule has 6 heteroatoms. The number of ether oxygens (including phenoxy) is 1. The van der Waals surface area contributed by atoms with Crippen molar-refractivity contribution in [2.24, 2.45) is 0 Å². The van der Waals surface area contributed by atoms with Crippen LogP contribution in [0.15, 0.2) is 66.7 Å². The smallest absolute Gasteiger partial charge is 0.235 e. The van der Waals surface area contributed by atoms with Gasteiger partial charge in [-0.25, -0.2) is 0 Å². The van der Waals surface area contributed by atoms with Gasteiger partial charge in [-0.1, -0.05) is 48.5 Å². The van der Waals surface area contributed by atoms with Gasteiger partial charge < -0.3 is 10.1 Å². The number of anilines is 1. The van der Waals surface area contributed by atoms with Gasteiger partial charge in [0.25, 0.3) is 0 Å². The molecule has 2 aliphatic heterocycles. The topological polar surface area (TPSA) is 70.2 Å². The van der Waals surface area contributed by atoms with Crippen LogP contribution in [0.1, 0.15) is 29.0 Å². The number of H-pyrrole nitrogens is 1. The first-order chi connectivity index (χ1) is 16.7. The monoisotopic (exact) mass is 450 g/mol.